The molecule has 0 aliphatic carbocycles. The quantitative estimate of drug-likeness (QED) is 0.177. The number of nitrogens with one attached hydrogen (secondary N) is 3. The molecule has 1 amide bonds. The second-order valence-corrected chi connectivity index (χ2v) is 11.5. The smallest absolute Gasteiger partial charge is 0.224 e. The van der Waals surface area contributed by atoms with Crippen LogP contribution in [-0.2, 0) is 17.6 Å². The maximum Gasteiger partial charge on any atom is 0.224 e. The maximum absolute atomic E-state index is 14.8. The van der Waals surface area contributed by atoms with Gasteiger partial charge >= 0.3 is 0 Å². The van der Waals surface area contributed by atoms with E-state index in [-0.39, 0.29) is 17.6 Å². The molecule has 2 aliphatic rings. The Labute approximate surface area is 263 Å². The summed E-state index contributed by atoms with van der Waals surface area (Å²) >= 11 is 0. The monoisotopic (exact) mass is 603 g/mol. The molecule has 4 heterocycles. The van der Waals surface area contributed by atoms with E-state index in [0.29, 0.717) is 25.2 Å². The normalized spacial score (nSPS) is 15.4. The van der Waals surface area contributed by atoms with E-state index >= 15 is 0 Å². The van der Waals surface area contributed by atoms with Crippen LogP contribution in [0.4, 0.5) is 21.5 Å². The molecule has 0 spiro atoms. The van der Waals surface area contributed by atoms with Gasteiger partial charge in [-0.2, -0.15) is 0 Å². The van der Waals surface area contributed by atoms with E-state index in [4.69, 9.17) is 9.98 Å². The number of hydrogen-bond acceptors (Lipinski definition) is 7. The van der Waals surface area contributed by atoms with Crippen LogP contribution in [0.25, 0.3) is 22.3 Å². The zero-order valence-electron chi connectivity index (χ0n) is 26.0. The summed E-state index contributed by atoms with van der Waals surface area (Å²) in [6.07, 6.45) is 10.0. The van der Waals surface area contributed by atoms with E-state index in [0.717, 1.165) is 82.0 Å². The highest BCUT2D eigenvalue weighted by Gasteiger charge is 2.30. The van der Waals surface area contributed by atoms with Crippen molar-refractivity contribution >= 4 is 34.4 Å². The first-order chi connectivity index (χ1) is 22.0. The predicted octanol–water partition coefficient (Wildman–Crippen LogP) is 6.63. The number of amides is 1. The number of nitrogens with zero attached hydrogens (tertiary/aromatic N) is 4. The number of pyridine rings is 2. The maximum atomic E-state index is 14.8. The molecule has 45 heavy (non-hydrogen) atoms. The van der Waals surface area contributed by atoms with Crippen LogP contribution in [0, 0.1) is 11.7 Å². The number of carbonyl (C=O) groups is 1. The van der Waals surface area contributed by atoms with Gasteiger partial charge in [0.1, 0.15) is 5.82 Å². The zero-order chi connectivity index (χ0) is 31.3. The average molecular weight is 604 g/mol. The van der Waals surface area contributed by atoms with Crippen molar-refractivity contribution in [3.05, 3.63) is 89.8 Å². The molecule has 9 heteroatoms. The van der Waals surface area contributed by atoms with Crippen molar-refractivity contribution in [2.45, 2.75) is 39.5 Å². The first-order valence-corrected chi connectivity index (χ1v) is 15.7. The molecule has 1 atom stereocenters. The Morgan fingerprint density at radius 3 is 2.58 bits per heavy atom. The van der Waals surface area contributed by atoms with Gasteiger partial charge in [0.15, 0.2) is 0 Å². The van der Waals surface area contributed by atoms with Gasteiger partial charge in [-0.1, -0.05) is 26.0 Å². The summed E-state index contributed by atoms with van der Waals surface area (Å²) in [5, 5.41) is 9.30. The molecule has 6 rings (SSSR count). The first kappa shape index (κ1) is 30.3. The van der Waals surface area contributed by atoms with Gasteiger partial charge in [0.05, 0.1) is 35.2 Å². The van der Waals surface area contributed by atoms with E-state index < -0.39 is 0 Å². The molecule has 2 aromatic heterocycles. The standard InChI is InChI=1S/C36H38FN7O/c1-4-22-15-31-32(25-12-27(37)17-28(13-25)41-11-10-38-3)20-40-21-33(31)44-35(22)36-30-16-24(7-6-23(30)8-9-42-36)26-14-29(19-39-18-26)43-34(45)5-2/h6-7,12-14,16-22,38,41H,4-5,8-11,15H2,1-3H3,(H,43,45). The lowest BCUT2D eigenvalue weighted by Gasteiger charge is -2.29. The number of rotatable bonds is 10. The molecular weight excluding hydrogens is 565 g/mol. The van der Waals surface area contributed by atoms with E-state index in [2.05, 4.69) is 51.0 Å². The lowest BCUT2D eigenvalue weighted by Crippen LogP contribution is -2.31. The lowest BCUT2D eigenvalue weighted by atomic mass is 9.81. The van der Waals surface area contributed by atoms with Crippen molar-refractivity contribution in [1.82, 2.24) is 15.3 Å². The minimum Gasteiger partial charge on any atom is -0.384 e. The van der Waals surface area contributed by atoms with Crippen molar-refractivity contribution in [2.75, 3.05) is 37.3 Å². The second kappa shape index (κ2) is 13.5. The molecule has 0 saturated heterocycles. The summed E-state index contributed by atoms with van der Waals surface area (Å²) in [7, 11) is 1.89. The highest BCUT2D eigenvalue weighted by Crippen LogP contribution is 2.39. The number of benzene rings is 2. The molecule has 3 N–H and O–H groups in total. The molecule has 2 aliphatic heterocycles. The van der Waals surface area contributed by atoms with Crippen LogP contribution in [0.5, 0.6) is 0 Å². The number of aromatic nitrogens is 2. The minimum absolute atomic E-state index is 0.0494. The number of hydrogen-bond donors (Lipinski definition) is 3. The summed E-state index contributed by atoms with van der Waals surface area (Å²) in [6, 6.07) is 13.5. The van der Waals surface area contributed by atoms with Crippen molar-refractivity contribution in [1.29, 1.82) is 0 Å². The minimum atomic E-state index is -0.290. The van der Waals surface area contributed by atoms with Crippen molar-refractivity contribution in [3.63, 3.8) is 0 Å². The third kappa shape index (κ3) is 6.54. The molecule has 2 aromatic carbocycles. The third-order valence-corrected chi connectivity index (χ3v) is 8.45. The highest BCUT2D eigenvalue weighted by molar-refractivity contribution is 6.50. The number of carbonyl (C=O) groups excluding carboxylic acids is 1. The fourth-order valence-corrected chi connectivity index (χ4v) is 6.07. The predicted molar refractivity (Wildman–Crippen MR) is 180 cm³/mol. The van der Waals surface area contributed by atoms with Gasteiger partial charge in [-0.25, -0.2) is 9.38 Å². The van der Waals surface area contributed by atoms with Crippen molar-refractivity contribution < 1.29 is 9.18 Å². The van der Waals surface area contributed by atoms with Crippen molar-refractivity contribution in [2.24, 2.45) is 15.9 Å². The van der Waals surface area contributed by atoms with Gasteiger partial charge in [-0.05, 0) is 78.9 Å². The first-order valence-electron chi connectivity index (χ1n) is 15.7. The van der Waals surface area contributed by atoms with Gasteiger partial charge in [-0.15, -0.1) is 0 Å². The summed E-state index contributed by atoms with van der Waals surface area (Å²) in [6.45, 7) is 6.18. The van der Waals surface area contributed by atoms with Crippen LogP contribution < -0.4 is 16.0 Å². The largest absolute Gasteiger partial charge is 0.384 e. The Balaban J connectivity index is 1.37. The number of aliphatic imine (C=N–C) groups is 2. The van der Waals surface area contributed by atoms with Crippen LogP contribution in [0.3, 0.4) is 0 Å². The Bertz CT molecular complexity index is 1800. The van der Waals surface area contributed by atoms with E-state index in [1.165, 1.54) is 11.6 Å². The van der Waals surface area contributed by atoms with Crippen LogP contribution in [-0.4, -0.2) is 54.0 Å². The highest BCUT2D eigenvalue weighted by atomic mass is 19.1. The number of likely N-dealkylation sites (N-methyl/N-ethyl adjacent to an activating group) is 1. The molecule has 230 valence electrons. The number of anilines is 2. The van der Waals surface area contributed by atoms with Gasteiger partial charge in [0.2, 0.25) is 5.91 Å². The van der Waals surface area contributed by atoms with E-state index in [1.807, 2.05) is 38.5 Å². The van der Waals surface area contributed by atoms with Crippen LogP contribution in [0.15, 0.2) is 77.2 Å². The van der Waals surface area contributed by atoms with E-state index in [1.54, 1.807) is 18.5 Å². The van der Waals surface area contributed by atoms with Crippen LogP contribution >= 0.6 is 0 Å². The molecule has 4 aromatic rings. The van der Waals surface area contributed by atoms with Crippen LogP contribution in [0.1, 0.15) is 43.4 Å². The number of fused-ring (bicyclic) bond motifs is 2. The fraction of sp³-hybridized carbons (Fsp3) is 0.306. The molecule has 0 saturated carbocycles. The Hall–Kier alpha value is -4.76. The summed E-state index contributed by atoms with van der Waals surface area (Å²) in [5.41, 5.74) is 11.1. The topological polar surface area (TPSA) is 104 Å². The van der Waals surface area contributed by atoms with Crippen LogP contribution in [0.2, 0.25) is 0 Å². The average Bonchev–Trinajstić information content (AvgIpc) is 3.06. The Morgan fingerprint density at radius 1 is 0.911 bits per heavy atom. The third-order valence-electron chi connectivity index (χ3n) is 8.45. The van der Waals surface area contributed by atoms with E-state index in [9.17, 15) is 9.18 Å². The number of halogens is 1. The summed E-state index contributed by atoms with van der Waals surface area (Å²) in [4.78, 5) is 31.1. The Kier molecular flexibility index (Phi) is 9.07. The fourth-order valence-electron chi connectivity index (χ4n) is 6.07. The zero-order valence-corrected chi connectivity index (χ0v) is 26.0. The molecule has 1 unspecified atom stereocenters. The van der Waals surface area contributed by atoms with Gasteiger partial charge in [0.25, 0.3) is 0 Å². The summed E-state index contributed by atoms with van der Waals surface area (Å²) in [5.74, 6) is -0.198. The second-order valence-electron chi connectivity index (χ2n) is 11.5. The molecular formula is C36H38FN7O. The molecule has 0 bridgehead atoms. The molecule has 0 radical (unpaired) electrons. The Morgan fingerprint density at radius 2 is 1.76 bits per heavy atom. The van der Waals surface area contributed by atoms with Gasteiger partial charge < -0.3 is 16.0 Å². The SMILES string of the molecule is CCC(=O)Nc1cncc(-c2ccc3c(c2)C(C2=Nc4cncc(-c5cc(F)cc(NCCNC)c5)c4CC2CC)=NCC3)c1. The molecule has 0 fully saturated rings. The summed E-state index contributed by atoms with van der Waals surface area (Å²) < 4.78 is 14.8. The van der Waals surface area contributed by atoms with Gasteiger partial charge in [0, 0.05) is 66.7 Å². The van der Waals surface area contributed by atoms with Gasteiger partial charge in [-0.3, -0.25) is 19.8 Å². The lowest BCUT2D eigenvalue weighted by molar-refractivity contribution is -0.115. The molecule has 8 nitrogen and oxygen atoms in total. The van der Waals surface area contributed by atoms with Crippen molar-refractivity contribution in [3.8, 4) is 22.3 Å².